The summed E-state index contributed by atoms with van der Waals surface area (Å²) in [4.78, 5) is 16.7. The maximum atomic E-state index is 12.1. The third-order valence-corrected chi connectivity index (χ3v) is 5.57. The molecule has 0 spiro atoms. The molecule has 0 saturated carbocycles. The number of pyridine rings is 1. The van der Waals surface area contributed by atoms with Gasteiger partial charge in [-0.25, -0.2) is 22.9 Å². The molecule has 0 aliphatic carbocycles. The lowest BCUT2D eigenvalue weighted by atomic mass is 10.0. The SMILES string of the molecule is CCc1cc2c(-c3ccc(S(=O)(=O)NCCO)cc3)ccnc2[nH]1.O=C(O)C(F)(F)F. The van der Waals surface area contributed by atoms with Gasteiger partial charge in [0.05, 0.1) is 11.5 Å². The van der Waals surface area contributed by atoms with E-state index in [1.54, 1.807) is 30.5 Å². The number of nitrogens with one attached hydrogen (secondary N) is 2. The van der Waals surface area contributed by atoms with Crippen molar-refractivity contribution in [2.24, 2.45) is 0 Å². The van der Waals surface area contributed by atoms with Gasteiger partial charge in [0.1, 0.15) is 5.65 Å². The van der Waals surface area contributed by atoms with Gasteiger partial charge in [0, 0.05) is 23.8 Å². The topological polar surface area (TPSA) is 132 Å². The first-order chi connectivity index (χ1) is 14.5. The van der Waals surface area contributed by atoms with Gasteiger partial charge in [-0.15, -0.1) is 0 Å². The van der Waals surface area contributed by atoms with Gasteiger partial charge in [0.2, 0.25) is 10.0 Å². The van der Waals surface area contributed by atoms with Crippen LogP contribution in [0.2, 0.25) is 0 Å². The zero-order valence-corrected chi connectivity index (χ0v) is 17.1. The second-order valence-corrected chi connectivity index (χ2v) is 7.98. The van der Waals surface area contributed by atoms with Crippen LogP contribution < -0.4 is 4.72 Å². The summed E-state index contributed by atoms with van der Waals surface area (Å²) < 4.78 is 58.2. The van der Waals surface area contributed by atoms with Crippen molar-refractivity contribution >= 4 is 27.0 Å². The van der Waals surface area contributed by atoms with Crippen molar-refractivity contribution in [1.29, 1.82) is 0 Å². The summed E-state index contributed by atoms with van der Waals surface area (Å²) in [5.74, 6) is -2.76. The number of hydrogen-bond acceptors (Lipinski definition) is 5. The average molecular weight is 459 g/mol. The summed E-state index contributed by atoms with van der Waals surface area (Å²) >= 11 is 0. The molecule has 4 N–H and O–H groups in total. The molecule has 0 fully saturated rings. The number of aryl methyl sites for hydroxylation is 1. The molecule has 2 aromatic heterocycles. The molecule has 12 heteroatoms. The number of aromatic nitrogens is 2. The van der Waals surface area contributed by atoms with Crippen LogP contribution in [0, 0.1) is 0 Å². The maximum Gasteiger partial charge on any atom is 0.490 e. The maximum absolute atomic E-state index is 12.1. The lowest BCUT2D eigenvalue weighted by molar-refractivity contribution is -0.192. The average Bonchev–Trinajstić information content (AvgIpc) is 3.15. The minimum atomic E-state index is -5.08. The quantitative estimate of drug-likeness (QED) is 0.448. The van der Waals surface area contributed by atoms with Gasteiger partial charge >= 0.3 is 12.1 Å². The van der Waals surface area contributed by atoms with E-state index in [0.29, 0.717) is 0 Å². The summed E-state index contributed by atoms with van der Waals surface area (Å²) in [5, 5.41) is 16.9. The lowest BCUT2D eigenvalue weighted by Crippen LogP contribution is -2.26. The van der Waals surface area contributed by atoms with E-state index in [1.165, 1.54) is 0 Å². The number of fused-ring (bicyclic) bond motifs is 1. The Morgan fingerprint density at radius 2 is 1.81 bits per heavy atom. The Morgan fingerprint density at radius 1 is 1.19 bits per heavy atom. The molecular weight excluding hydrogens is 439 g/mol. The Labute approximate surface area is 175 Å². The monoisotopic (exact) mass is 459 g/mol. The fraction of sp³-hybridized carbons (Fsp3) is 0.263. The number of aromatic amines is 1. The highest BCUT2D eigenvalue weighted by molar-refractivity contribution is 7.89. The lowest BCUT2D eigenvalue weighted by Gasteiger charge is -2.07. The molecule has 3 rings (SSSR count). The highest BCUT2D eigenvalue weighted by atomic mass is 32.2. The molecule has 0 bridgehead atoms. The van der Waals surface area contributed by atoms with E-state index in [9.17, 15) is 21.6 Å². The van der Waals surface area contributed by atoms with E-state index in [1.807, 2.05) is 6.07 Å². The highest BCUT2D eigenvalue weighted by Crippen LogP contribution is 2.29. The van der Waals surface area contributed by atoms with Crippen LogP contribution in [0.3, 0.4) is 0 Å². The van der Waals surface area contributed by atoms with Gasteiger partial charge in [0.25, 0.3) is 0 Å². The number of H-pyrrole nitrogens is 1. The summed E-state index contributed by atoms with van der Waals surface area (Å²) in [6.07, 6.45) is -2.45. The normalized spacial score (nSPS) is 11.8. The first kappa shape index (κ1) is 24.3. The van der Waals surface area contributed by atoms with Gasteiger partial charge in [-0.05, 0) is 41.8 Å². The molecule has 3 aromatic rings. The number of sulfonamides is 1. The van der Waals surface area contributed by atoms with Gasteiger partial charge in [-0.2, -0.15) is 13.2 Å². The third kappa shape index (κ3) is 6.26. The van der Waals surface area contributed by atoms with Crippen molar-refractivity contribution < 1.29 is 36.6 Å². The number of aliphatic carboxylic acids is 1. The van der Waals surface area contributed by atoms with Crippen LogP contribution in [0.4, 0.5) is 13.2 Å². The summed E-state index contributed by atoms with van der Waals surface area (Å²) in [6, 6.07) is 10.7. The molecule has 168 valence electrons. The highest BCUT2D eigenvalue weighted by Gasteiger charge is 2.38. The summed E-state index contributed by atoms with van der Waals surface area (Å²) in [7, 11) is -3.59. The molecule has 0 aliphatic heterocycles. The Hall–Kier alpha value is -2.96. The van der Waals surface area contributed by atoms with Crippen LogP contribution in [0.5, 0.6) is 0 Å². The fourth-order valence-electron chi connectivity index (χ4n) is 2.60. The first-order valence-electron chi connectivity index (χ1n) is 8.97. The second-order valence-electron chi connectivity index (χ2n) is 6.22. The minimum Gasteiger partial charge on any atom is -0.475 e. The first-order valence-corrected chi connectivity index (χ1v) is 10.5. The van der Waals surface area contributed by atoms with E-state index in [2.05, 4.69) is 27.7 Å². The number of carboxylic acids is 1. The third-order valence-electron chi connectivity index (χ3n) is 4.09. The van der Waals surface area contributed by atoms with Gasteiger partial charge in [0.15, 0.2) is 0 Å². The minimum absolute atomic E-state index is 0.00178. The van der Waals surface area contributed by atoms with Crippen LogP contribution in [-0.2, 0) is 21.2 Å². The molecule has 0 amide bonds. The van der Waals surface area contributed by atoms with Crippen molar-refractivity contribution in [3.05, 3.63) is 48.3 Å². The molecular formula is C19H20F3N3O5S. The molecule has 1 aromatic carbocycles. The Morgan fingerprint density at radius 3 is 2.32 bits per heavy atom. The van der Waals surface area contributed by atoms with Crippen molar-refractivity contribution in [2.75, 3.05) is 13.2 Å². The smallest absolute Gasteiger partial charge is 0.475 e. The number of aliphatic hydroxyl groups is 1. The second kappa shape index (κ2) is 9.90. The summed E-state index contributed by atoms with van der Waals surface area (Å²) in [5.41, 5.74) is 3.86. The molecule has 2 heterocycles. The largest absolute Gasteiger partial charge is 0.490 e. The van der Waals surface area contributed by atoms with Crippen molar-refractivity contribution in [3.8, 4) is 11.1 Å². The number of carboxylic acid groups (broad SMARTS) is 1. The van der Waals surface area contributed by atoms with Crippen molar-refractivity contribution in [2.45, 2.75) is 24.4 Å². The van der Waals surface area contributed by atoms with Crippen LogP contribution in [0.15, 0.2) is 47.5 Å². The zero-order chi connectivity index (χ0) is 23.2. The molecule has 31 heavy (non-hydrogen) atoms. The van der Waals surface area contributed by atoms with E-state index >= 15 is 0 Å². The predicted molar refractivity (Wildman–Crippen MR) is 107 cm³/mol. The number of rotatable bonds is 6. The molecule has 0 aliphatic rings. The molecule has 0 saturated heterocycles. The Balaban J connectivity index is 0.000000423. The van der Waals surface area contributed by atoms with Crippen LogP contribution in [0.25, 0.3) is 22.2 Å². The van der Waals surface area contributed by atoms with Crippen LogP contribution in [-0.4, -0.2) is 53.9 Å². The standard InChI is InChI=1S/C17H19N3O3S.C2HF3O2/c1-2-13-11-16-15(7-8-18-17(16)20-13)12-3-5-14(6-4-12)24(22,23)19-9-10-21;3-2(4,5)1(6)7/h3-8,11,19,21H,2,9-10H2,1H3,(H,18,20);(H,6,7). The number of nitrogens with zero attached hydrogens (tertiary/aromatic N) is 1. The fourth-order valence-corrected chi connectivity index (χ4v) is 3.62. The van der Waals surface area contributed by atoms with E-state index in [0.717, 1.165) is 34.3 Å². The number of hydrogen-bond donors (Lipinski definition) is 4. The van der Waals surface area contributed by atoms with E-state index < -0.39 is 22.2 Å². The van der Waals surface area contributed by atoms with Crippen LogP contribution in [0.1, 0.15) is 12.6 Å². The number of halogens is 3. The number of benzene rings is 1. The Kier molecular flexibility index (Phi) is 7.76. The van der Waals surface area contributed by atoms with Gasteiger partial charge in [-0.1, -0.05) is 19.1 Å². The van der Waals surface area contributed by atoms with Gasteiger partial charge in [-0.3, -0.25) is 0 Å². The number of carbonyl (C=O) groups is 1. The van der Waals surface area contributed by atoms with Crippen molar-refractivity contribution in [1.82, 2.24) is 14.7 Å². The molecule has 0 radical (unpaired) electrons. The molecule has 0 atom stereocenters. The van der Waals surface area contributed by atoms with Gasteiger partial charge < -0.3 is 15.2 Å². The van der Waals surface area contributed by atoms with E-state index in [-0.39, 0.29) is 18.0 Å². The number of aliphatic hydroxyl groups excluding tert-OH is 1. The van der Waals surface area contributed by atoms with E-state index in [4.69, 9.17) is 15.0 Å². The van der Waals surface area contributed by atoms with Crippen molar-refractivity contribution in [3.63, 3.8) is 0 Å². The zero-order valence-electron chi connectivity index (χ0n) is 16.3. The molecule has 8 nitrogen and oxygen atoms in total. The summed E-state index contributed by atoms with van der Waals surface area (Å²) in [6.45, 7) is 1.83. The molecule has 0 unspecified atom stereocenters. The number of alkyl halides is 3. The van der Waals surface area contributed by atoms with Crippen LogP contribution >= 0.6 is 0 Å². The predicted octanol–water partition coefficient (Wildman–Crippen LogP) is 2.70. The Bertz CT molecular complexity index is 1140.